The summed E-state index contributed by atoms with van der Waals surface area (Å²) in [5.41, 5.74) is 2.15. The molecule has 1 aliphatic rings. The van der Waals surface area contributed by atoms with Gasteiger partial charge >= 0.3 is 0 Å². The molecule has 26 heavy (non-hydrogen) atoms. The third-order valence-electron chi connectivity index (χ3n) is 4.63. The summed E-state index contributed by atoms with van der Waals surface area (Å²) in [5.74, 6) is 0. The topological polar surface area (TPSA) is 40.6 Å². The maximum Gasteiger partial charge on any atom is 0.231 e. The number of hydrogen-bond donors (Lipinski definition) is 0. The molecule has 0 bridgehead atoms. The molecule has 0 saturated carbocycles. The Bertz CT molecular complexity index is 727. The first-order valence-corrected chi connectivity index (χ1v) is 11.1. The molecule has 0 spiro atoms. The van der Waals surface area contributed by atoms with Gasteiger partial charge < -0.3 is 4.90 Å². The van der Waals surface area contributed by atoms with Crippen LogP contribution in [-0.4, -0.2) is 46.3 Å². The number of hydrogen-bond acceptors (Lipinski definition) is 3. The van der Waals surface area contributed by atoms with Crippen LogP contribution in [0.4, 0.5) is 5.69 Å². The molecule has 0 aromatic heterocycles. The van der Waals surface area contributed by atoms with Gasteiger partial charge in [-0.3, -0.25) is 4.31 Å². The number of nitrogens with zero attached hydrogens (tertiary/aromatic N) is 2. The predicted octanol–water partition coefficient (Wildman–Crippen LogP) is 3.80. The lowest BCUT2D eigenvalue weighted by atomic mass is 10.1. The molecule has 1 aliphatic heterocycles. The maximum absolute atomic E-state index is 11.1. The van der Waals surface area contributed by atoms with Crippen molar-refractivity contribution in [2.45, 2.75) is 25.7 Å². The van der Waals surface area contributed by atoms with Crippen LogP contribution < -0.4 is 4.31 Å². The first-order chi connectivity index (χ1) is 12.5. The summed E-state index contributed by atoms with van der Waals surface area (Å²) in [6.07, 6.45) is 6.62. The highest BCUT2D eigenvalue weighted by molar-refractivity contribution is 7.92. The van der Waals surface area contributed by atoms with E-state index < -0.39 is 10.0 Å². The van der Waals surface area contributed by atoms with Crippen molar-refractivity contribution in [1.82, 2.24) is 4.90 Å². The Labute approximate surface area is 158 Å². The average molecular weight is 375 g/mol. The standard InChI is InChI=1S/C13H19N.C8H11NO2S/c1-3-7-13(8-4-1)9-12-14-10-5-2-6-11-14;1-9(12(2,10)11)8-6-4-3-5-7-8/h1,3-4,7-8H,2,5-6,9-12H2;3-7H,1-2H3. The van der Waals surface area contributed by atoms with E-state index in [2.05, 4.69) is 35.2 Å². The Kier molecular flexibility index (Phi) is 8.13. The second kappa shape index (κ2) is 10.3. The molecule has 0 aliphatic carbocycles. The number of sulfonamides is 1. The van der Waals surface area contributed by atoms with E-state index in [0.717, 1.165) is 0 Å². The molecular formula is C21H30N2O2S. The third kappa shape index (κ3) is 7.18. The zero-order valence-electron chi connectivity index (χ0n) is 15.8. The molecular weight excluding hydrogens is 344 g/mol. The molecule has 5 heteroatoms. The van der Waals surface area contributed by atoms with Crippen molar-refractivity contribution >= 4 is 15.7 Å². The van der Waals surface area contributed by atoms with E-state index >= 15 is 0 Å². The van der Waals surface area contributed by atoms with Gasteiger partial charge in [0.15, 0.2) is 0 Å². The number of anilines is 1. The number of benzene rings is 2. The average Bonchev–Trinajstić information content (AvgIpc) is 2.68. The maximum atomic E-state index is 11.1. The van der Waals surface area contributed by atoms with Crippen molar-refractivity contribution in [3.63, 3.8) is 0 Å². The van der Waals surface area contributed by atoms with Crippen LogP contribution in [0.1, 0.15) is 24.8 Å². The smallest absolute Gasteiger partial charge is 0.231 e. The van der Waals surface area contributed by atoms with Crippen LogP contribution in [-0.2, 0) is 16.4 Å². The summed E-state index contributed by atoms with van der Waals surface area (Å²) in [7, 11) is -1.59. The van der Waals surface area contributed by atoms with Gasteiger partial charge in [-0.1, -0.05) is 55.0 Å². The molecule has 1 saturated heterocycles. The van der Waals surface area contributed by atoms with Crippen molar-refractivity contribution in [3.8, 4) is 0 Å². The Morgan fingerprint density at radius 3 is 1.96 bits per heavy atom. The first kappa shape index (κ1) is 20.5. The van der Waals surface area contributed by atoms with Gasteiger partial charge in [0, 0.05) is 13.6 Å². The van der Waals surface area contributed by atoms with Gasteiger partial charge in [0.1, 0.15) is 0 Å². The van der Waals surface area contributed by atoms with Gasteiger partial charge in [0.25, 0.3) is 0 Å². The first-order valence-electron chi connectivity index (χ1n) is 9.22. The summed E-state index contributed by atoms with van der Waals surface area (Å²) in [6, 6.07) is 19.8. The zero-order valence-corrected chi connectivity index (χ0v) is 16.7. The Morgan fingerprint density at radius 1 is 0.885 bits per heavy atom. The second-order valence-electron chi connectivity index (χ2n) is 6.70. The number of piperidine rings is 1. The number of likely N-dealkylation sites (tertiary alicyclic amines) is 1. The van der Waals surface area contributed by atoms with Gasteiger partial charge in [-0.2, -0.15) is 0 Å². The molecule has 3 rings (SSSR count). The second-order valence-corrected chi connectivity index (χ2v) is 8.72. The number of rotatable bonds is 5. The van der Waals surface area contributed by atoms with Gasteiger partial charge in [-0.05, 0) is 50.0 Å². The molecule has 0 amide bonds. The van der Waals surface area contributed by atoms with Crippen LogP contribution in [0.15, 0.2) is 60.7 Å². The molecule has 4 nitrogen and oxygen atoms in total. The van der Waals surface area contributed by atoms with Gasteiger partial charge in [0.05, 0.1) is 11.9 Å². The Morgan fingerprint density at radius 2 is 1.42 bits per heavy atom. The summed E-state index contributed by atoms with van der Waals surface area (Å²) in [4.78, 5) is 2.59. The predicted molar refractivity (Wildman–Crippen MR) is 110 cm³/mol. The van der Waals surface area contributed by atoms with Crippen LogP contribution >= 0.6 is 0 Å². The molecule has 0 radical (unpaired) electrons. The minimum absolute atomic E-state index is 0.681. The fourth-order valence-corrected chi connectivity index (χ4v) is 3.45. The van der Waals surface area contributed by atoms with E-state index in [0.29, 0.717) is 5.69 Å². The minimum Gasteiger partial charge on any atom is -0.303 e. The fourth-order valence-electron chi connectivity index (χ4n) is 2.94. The molecule has 1 heterocycles. The number of para-hydroxylation sites is 1. The molecule has 0 unspecified atom stereocenters. The molecule has 0 N–H and O–H groups in total. The van der Waals surface area contributed by atoms with Gasteiger partial charge in [0.2, 0.25) is 10.0 Å². The van der Waals surface area contributed by atoms with Crippen LogP contribution in [0.5, 0.6) is 0 Å². The SMILES string of the molecule is CN(c1ccccc1)S(C)(=O)=O.c1ccc(CCN2CCCCC2)cc1. The highest BCUT2D eigenvalue weighted by Gasteiger charge is 2.10. The van der Waals surface area contributed by atoms with Crippen molar-refractivity contribution in [2.75, 3.05) is 37.2 Å². The van der Waals surface area contributed by atoms with Crippen LogP contribution in [0.2, 0.25) is 0 Å². The molecule has 1 fully saturated rings. The Hall–Kier alpha value is -1.85. The van der Waals surface area contributed by atoms with Crippen LogP contribution in [0.3, 0.4) is 0 Å². The van der Waals surface area contributed by atoms with Crippen LogP contribution in [0, 0.1) is 0 Å². The lowest BCUT2D eigenvalue weighted by Crippen LogP contribution is -2.31. The van der Waals surface area contributed by atoms with E-state index in [-0.39, 0.29) is 0 Å². The van der Waals surface area contributed by atoms with Crippen molar-refractivity contribution < 1.29 is 8.42 Å². The minimum atomic E-state index is -3.12. The van der Waals surface area contributed by atoms with Crippen molar-refractivity contribution in [1.29, 1.82) is 0 Å². The zero-order chi connectivity index (χ0) is 18.8. The highest BCUT2D eigenvalue weighted by Crippen LogP contribution is 2.13. The normalized spacial score (nSPS) is 15.0. The summed E-state index contributed by atoms with van der Waals surface area (Å²) in [5, 5.41) is 0. The van der Waals surface area contributed by atoms with Gasteiger partial charge in [-0.25, -0.2) is 8.42 Å². The fraction of sp³-hybridized carbons (Fsp3) is 0.429. The largest absolute Gasteiger partial charge is 0.303 e. The van der Waals surface area contributed by atoms with E-state index in [1.807, 2.05) is 6.07 Å². The lowest BCUT2D eigenvalue weighted by molar-refractivity contribution is 0.231. The summed E-state index contributed by atoms with van der Waals surface area (Å²) in [6.45, 7) is 3.86. The van der Waals surface area contributed by atoms with Gasteiger partial charge in [-0.15, -0.1) is 0 Å². The lowest BCUT2D eigenvalue weighted by Gasteiger charge is -2.26. The molecule has 2 aromatic rings. The summed E-state index contributed by atoms with van der Waals surface area (Å²) < 4.78 is 23.4. The third-order valence-corrected chi connectivity index (χ3v) is 5.83. The molecule has 2 aromatic carbocycles. The molecule has 0 atom stereocenters. The van der Waals surface area contributed by atoms with E-state index in [4.69, 9.17) is 0 Å². The molecule has 142 valence electrons. The highest BCUT2D eigenvalue weighted by atomic mass is 32.2. The quantitative estimate of drug-likeness (QED) is 0.799. The summed E-state index contributed by atoms with van der Waals surface area (Å²) >= 11 is 0. The monoisotopic (exact) mass is 374 g/mol. The van der Waals surface area contributed by atoms with Crippen molar-refractivity contribution in [2.24, 2.45) is 0 Å². The van der Waals surface area contributed by atoms with Crippen molar-refractivity contribution in [3.05, 3.63) is 66.2 Å². The van der Waals surface area contributed by atoms with E-state index in [9.17, 15) is 8.42 Å². The van der Waals surface area contributed by atoms with E-state index in [1.54, 1.807) is 24.3 Å². The van der Waals surface area contributed by atoms with E-state index in [1.165, 1.54) is 68.5 Å². The Balaban J connectivity index is 0.000000190. The van der Waals surface area contributed by atoms with Crippen LogP contribution in [0.25, 0.3) is 0 Å².